The summed E-state index contributed by atoms with van der Waals surface area (Å²) in [6.07, 6.45) is 1.32. The highest BCUT2D eigenvalue weighted by molar-refractivity contribution is 5.82. The minimum Gasteiger partial charge on any atom is -0.389 e. The molecule has 1 aromatic rings. The second kappa shape index (κ2) is 5.57. The smallest absolute Gasteiger partial charge is 0.239 e. The highest BCUT2D eigenvalue weighted by Gasteiger charge is 2.24. The van der Waals surface area contributed by atoms with E-state index in [1.165, 1.54) is 12.1 Å². The van der Waals surface area contributed by atoms with Crippen LogP contribution in [0.4, 0.5) is 10.1 Å². The molecule has 0 heterocycles. The van der Waals surface area contributed by atoms with Crippen LogP contribution >= 0.6 is 0 Å². The van der Waals surface area contributed by atoms with Crippen molar-refractivity contribution in [3.63, 3.8) is 0 Å². The van der Waals surface area contributed by atoms with E-state index in [-0.39, 0.29) is 12.5 Å². The molecule has 0 radical (unpaired) electrons. The minimum absolute atomic E-state index is 0.0501. The first kappa shape index (κ1) is 13.8. The second-order valence-electron chi connectivity index (χ2n) is 5.08. The number of halogens is 1. The quantitative estimate of drug-likeness (QED) is 0.851. The number of anilines is 1. The van der Waals surface area contributed by atoms with Crippen molar-refractivity contribution in [2.45, 2.75) is 31.9 Å². The van der Waals surface area contributed by atoms with Crippen LogP contribution in [0.25, 0.3) is 0 Å². The fourth-order valence-corrected chi connectivity index (χ4v) is 2.01. The Kier molecular flexibility index (Phi) is 4.04. The number of aliphatic hydroxyl groups excluding tert-OH is 1. The Morgan fingerprint density at radius 3 is 2.84 bits per heavy atom. The predicted octanol–water partition coefficient (Wildman–Crippen LogP) is 1.59. The van der Waals surface area contributed by atoms with Gasteiger partial charge in [-0.3, -0.25) is 4.79 Å². The van der Waals surface area contributed by atoms with E-state index in [0.29, 0.717) is 17.3 Å². The number of amides is 1. The van der Waals surface area contributed by atoms with Gasteiger partial charge in [0.2, 0.25) is 5.91 Å². The number of rotatable bonds is 5. The second-order valence-corrected chi connectivity index (χ2v) is 5.08. The first-order chi connectivity index (χ1) is 8.97. The number of aliphatic hydroxyl groups is 1. The Balaban J connectivity index is 2.08. The Hall–Kier alpha value is -1.62. The van der Waals surface area contributed by atoms with Gasteiger partial charge in [-0.05, 0) is 38.0 Å². The van der Waals surface area contributed by atoms with Crippen LogP contribution < -0.4 is 10.2 Å². The molecule has 1 aliphatic rings. The first-order valence-corrected chi connectivity index (χ1v) is 6.45. The Bertz CT molecular complexity index is 473. The molecule has 1 fully saturated rings. The topological polar surface area (TPSA) is 52.6 Å². The molecule has 4 nitrogen and oxygen atoms in total. The van der Waals surface area contributed by atoms with Gasteiger partial charge in [0.25, 0.3) is 0 Å². The van der Waals surface area contributed by atoms with Crippen LogP contribution in [0.3, 0.4) is 0 Å². The van der Waals surface area contributed by atoms with Crippen LogP contribution in [0, 0.1) is 5.82 Å². The number of benzene rings is 1. The molecular weight excluding hydrogens is 247 g/mol. The van der Waals surface area contributed by atoms with Gasteiger partial charge in [0.1, 0.15) is 5.82 Å². The van der Waals surface area contributed by atoms with Crippen LogP contribution in [-0.4, -0.2) is 30.6 Å². The summed E-state index contributed by atoms with van der Waals surface area (Å²) in [6.45, 7) is 1.78. The van der Waals surface area contributed by atoms with E-state index in [1.807, 2.05) is 0 Å². The minimum atomic E-state index is -0.778. The summed E-state index contributed by atoms with van der Waals surface area (Å²) in [7, 11) is 1.76. The third-order valence-electron chi connectivity index (χ3n) is 3.17. The van der Waals surface area contributed by atoms with Crippen molar-refractivity contribution in [2.24, 2.45) is 0 Å². The van der Waals surface area contributed by atoms with E-state index < -0.39 is 11.9 Å². The van der Waals surface area contributed by atoms with Gasteiger partial charge in [0, 0.05) is 24.3 Å². The number of nitrogens with one attached hydrogen (secondary N) is 1. The van der Waals surface area contributed by atoms with Crippen molar-refractivity contribution < 1.29 is 14.3 Å². The lowest BCUT2D eigenvalue weighted by Gasteiger charge is -2.23. The van der Waals surface area contributed by atoms with Crippen LogP contribution in [0.1, 0.15) is 31.4 Å². The molecule has 0 bridgehead atoms. The average molecular weight is 266 g/mol. The lowest BCUT2D eigenvalue weighted by atomic mass is 10.1. The monoisotopic (exact) mass is 266 g/mol. The molecule has 0 spiro atoms. The molecule has 1 unspecified atom stereocenters. The van der Waals surface area contributed by atoms with Crippen LogP contribution in [0.15, 0.2) is 18.2 Å². The van der Waals surface area contributed by atoms with Gasteiger partial charge in [0.15, 0.2) is 0 Å². The molecule has 0 aromatic heterocycles. The predicted molar refractivity (Wildman–Crippen MR) is 71.5 cm³/mol. The summed E-state index contributed by atoms with van der Waals surface area (Å²) in [5.41, 5.74) is 1.16. The van der Waals surface area contributed by atoms with E-state index in [9.17, 15) is 14.3 Å². The molecule has 1 amide bonds. The van der Waals surface area contributed by atoms with E-state index in [1.54, 1.807) is 24.9 Å². The van der Waals surface area contributed by atoms with E-state index in [0.717, 1.165) is 12.8 Å². The summed E-state index contributed by atoms with van der Waals surface area (Å²) < 4.78 is 13.2. The lowest BCUT2D eigenvalue weighted by molar-refractivity contribution is -0.119. The van der Waals surface area contributed by atoms with Gasteiger partial charge in [0.05, 0.1) is 12.6 Å². The van der Waals surface area contributed by atoms with Crippen molar-refractivity contribution >= 4 is 11.6 Å². The molecule has 2 rings (SSSR count). The fraction of sp³-hybridized carbons (Fsp3) is 0.500. The van der Waals surface area contributed by atoms with Crippen molar-refractivity contribution in [1.82, 2.24) is 5.32 Å². The van der Waals surface area contributed by atoms with Gasteiger partial charge in [-0.2, -0.15) is 0 Å². The van der Waals surface area contributed by atoms with E-state index >= 15 is 0 Å². The molecule has 19 heavy (non-hydrogen) atoms. The van der Waals surface area contributed by atoms with Crippen LogP contribution in [0.5, 0.6) is 0 Å². The first-order valence-electron chi connectivity index (χ1n) is 6.45. The number of hydrogen-bond donors (Lipinski definition) is 2. The number of likely N-dealkylation sites (N-methyl/N-ethyl adjacent to an activating group) is 1. The SMILES string of the molecule is CC(O)c1cc(F)ccc1N(C)CC(=O)NC1CC1. The highest BCUT2D eigenvalue weighted by atomic mass is 19.1. The Morgan fingerprint density at radius 2 is 2.26 bits per heavy atom. The van der Waals surface area contributed by atoms with Gasteiger partial charge < -0.3 is 15.3 Å². The molecule has 1 saturated carbocycles. The molecule has 1 atom stereocenters. The molecule has 1 aromatic carbocycles. The van der Waals surface area contributed by atoms with E-state index in [2.05, 4.69) is 5.32 Å². The number of nitrogens with zero attached hydrogens (tertiary/aromatic N) is 1. The van der Waals surface area contributed by atoms with Crippen LogP contribution in [-0.2, 0) is 4.79 Å². The maximum absolute atomic E-state index is 13.2. The zero-order chi connectivity index (χ0) is 14.0. The van der Waals surface area contributed by atoms with Crippen molar-refractivity contribution in [3.8, 4) is 0 Å². The van der Waals surface area contributed by atoms with Crippen molar-refractivity contribution in [3.05, 3.63) is 29.6 Å². The normalized spacial score (nSPS) is 16.0. The summed E-state index contributed by atoms with van der Waals surface area (Å²) in [6, 6.07) is 4.54. The van der Waals surface area contributed by atoms with Gasteiger partial charge >= 0.3 is 0 Å². The zero-order valence-electron chi connectivity index (χ0n) is 11.2. The van der Waals surface area contributed by atoms with Gasteiger partial charge in [-0.25, -0.2) is 4.39 Å². The number of hydrogen-bond acceptors (Lipinski definition) is 3. The summed E-state index contributed by atoms with van der Waals surface area (Å²) >= 11 is 0. The lowest BCUT2D eigenvalue weighted by Crippen LogP contribution is -2.36. The molecular formula is C14H19FN2O2. The van der Waals surface area contributed by atoms with Crippen molar-refractivity contribution in [1.29, 1.82) is 0 Å². The molecule has 1 aliphatic carbocycles. The zero-order valence-corrected chi connectivity index (χ0v) is 11.2. The summed E-state index contributed by atoms with van der Waals surface area (Å²) in [4.78, 5) is 13.5. The Morgan fingerprint density at radius 1 is 1.58 bits per heavy atom. The maximum atomic E-state index is 13.2. The number of carbonyl (C=O) groups excluding carboxylic acids is 1. The molecule has 5 heteroatoms. The van der Waals surface area contributed by atoms with Crippen molar-refractivity contribution in [2.75, 3.05) is 18.5 Å². The largest absolute Gasteiger partial charge is 0.389 e. The molecule has 0 saturated heterocycles. The van der Waals surface area contributed by atoms with Gasteiger partial charge in [-0.1, -0.05) is 0 Å². The standard InChI is InChI=1S/C14H19FN2O2/c1-9(18)12-7-10(15)3-6-13(12)17(2)8-14(19)16-11-4-5-11/h3,6-7,9,11,18H,4-5,8H2,1-2H3,(H,16,19). The van der Waals surface area contributed by atoms with Crippen LogP contribution in [0.2, 0.25) is 0 Å². The highest BCUT2D eigenvalue weighted by Crippen LogP contribution is 2.26. The summed E-state index contributed by atoms with van der Waals surface area (Å²) in [5.74, 6) is -0.443. The molecule has 0 aliphatic heterocycles. The molecule has 104 valence electrons. The summed E-state index contributed by atoms with van der Waals surface area (Å²) in [5, 5.41) is 12.6. The number of carbonyl (C=O) groups is 1. The third-order valence-corrected chi connectivity index (χ3v) is 3.17. The Labute approximate surface area is 112 Å². The van der Waals surface area contributed by atoms with E-state index in [4.69, 9.17) is 0 Å². The average Bonchev–Trinajstić information content (AvgIpc) is 3.12. The van der Waals surface area contributed by atoms with Gasteiger partial charge in [-0.15, -0.1) is 0 Å². The maximum Gasteiger partial charge on any atom is 0.239 e. The third kappa shape index (κ3) is 3.67. The fourth-order valence-electron chi connectivity index (χ4n) is 2.01. The molecule has 2 N–H and O–H groups in total.